The predicted octanol–water partition coefficient (Wildman–Crippen LogP) is 5.73. The Morgan fingerprint density at radius 1 is 0.943 bits per heavy atom. The van der Waals surface area contributed by atoms with Gasteiger partial charge in [0.25, 0.3) is 5.91 Å². The van der Waals surface area contributed by atoms with E-state index in [2.05, 4.69) is 25.6 Å². The second-order valence-electron chi connectivity index (χ2n) is 8.13. The van der Waals surface area contributed by atoms with Crippen molar-refractivity contribution in [1.29, 1.82) is 0 Å². The van der Waals surface area contributed by atoms with Crippen LogP contribution in [0.3, 0.4) is 0 Å². The maximum absolute atomic E-state index is 13.0. The van der Waals surface area contributed by atoms with E-state index in [-0.39, 0.29) is 11.9 Å². The summed E-state index contributed by atoms with van der Waals surface area (Å²) in [6.07, 6.45) is 3.54. The van der Waals surface area contributed by atoms with Gasteiger partial charge in [0.2, 0.25) is 0 Å². The molecule has 5 rings (SSSR count). The highest BCUT2D eigenvalue weighted by Crippen LogP contribution is 2.35. The molecule has 1 atom stereocenters. The minimum absolute atomic E-state index is 0.233. The average Bonchev–Trinajstić information content (AvgIpc) is 3.23. The fourth-order valence-corrected chi connectivity index (χ4v) is 4.26. The molecule has 3 heterocycles. The number of carbonyl (C=O) groups excluding carboxylic acids is 1. The monoisotopic (exact) mass is 463 g/mol. The second kappa shape index (κ2) is 9.69. The zero-order valence-electron chi connectivity index (χ0n) is 19.4. The number of nitrogens with one attached hydrogen (secondary N) is 3. The first-order valence-electron chi connectivity index (χ1n) is 11.3. The van der Waals surface area contributed by atoms with Crippen LogP contribution >= 0.6 is 0 Å². The van der Waals surface area contributed by atoms with Crippen LogP contribution in [0.5, 0.6) is 5.75 Å². The van der Waals surface area contributed by atoms with Gasteiger partial charge < -0.3 is 20.4 Å². The number of methoxy groups -OCH3 is 1. The molecule has 1 amide bonds. The lowest BCUT2D eigenvalue weighted by atomic mass is 9.99. The topological polar surface area (TPSA) is 91.9 Å². The van der Waals surface area contributed by atoms with E-state index in [1.807, 2.05) is 73.7 Å². The van der Waals surface area contributed by atoms with Gasteiger partial charge in [-0.15, -0.1) is 0 Å². The van der Waals surface area contributed by atoms with E-state index in [0.717, 1.165) is 33.7 Å². The summed E-state index contributed by atoms with van der Waals surface area (Å²) in [6.45, 7) is 2.04. The summed E-state index contributed by atoms with van der Waals surface area (Å²) in [4.78, 5) is 25.5. The highest BCUT2D eigenvalue weighted by atomic mass is 16.5. The Hall–Kier alpha value is -4.65. The Morgan fingerprint density at radius 2 is 1.71 bits per heavy atom. The number of pyridine rings is 2. The number of fused-ring (bicyclic) bond motifs is 1. The van der Waals surface area contributed by atoms with Crippen LogP contribution < -0.4 is 15.4 Å². The van der Waals surface area contributed by atoms with Crippen molar-refractivity contribution in [2.24, 2.45) is 0 Å². The van der Waals surface area contributed by atoms with Gasteiger partial charge in [-0.25, -0.2) is 4.98 Å². The number of hydrogen-bond donors (Lipinski definition) is 3. The Balaban J connectivity index is 1.55. The summed E-state index contributed by atoms with van der Waals surface area (Å²) in [5, 5.41) is 7.53. The summed E-state index contributed by atoms with van der Waals surface area (Å²) in [5.41, 5.74) is 5.04. The van der Waals surface area contributed by atoms with Crippen LogP contribution in [0.25, 0.3) is 10.9 Å². The lowest BCUT2D eigenvalue weighted by Gasteiger charge is -2.20. The van der Waals surface area contributed by atoms with Crippen molar-refractivity contribution in [3.63, 3.8) is 0 Å². The number of carbonyl (C=O) groups is 1. The highest BCUT2D eigenvalue weighted by Gasteiger charge is 2.23. The number of aryl methyl sites for hydroxylation is 1. The SMILES string of the molecule is COc1ccccc1C(=O)Nc1ccc2[nH]c(C)c([C@H](Nc3ccccn3)c3ccccn3)c2c1. The van der Waals surface area contributed by atoms with Gasteiger partial charge in [0.05, 0.1) is 24.4 Å². The van der Waals surface area contributed by atoms with Gasteiger partial charge in [-0.2, -0.15) is 0 Å². The molecule has 3 aromatic heterocycles. The van der Waals surface area contributed by atoms with E-state index in [4.69, 9.17) is 4.74 Å². The Morgan fingerprint density at radius 3 is 2.46 bits per heavy atom. The molecule has 0 saturated carbocycles. The van der Waals surface area contributed by atoms with Crippen LogP contribution in [-0.2, 0) is 0 Å². The van der Waals surface area contributed by atoms with Gasteiger partial charge in [-0.05, 0) is 61.5 Å². The summed E-state index contributed by atoms with van der Waals surface area (Å²) < 4.78 is 5.35. The van der Waals surface area contributed by atoms with Gasteiger partial charge in [-0.3, -0.25) is 9.78 Å². The van der Waals surface area contributed by atoms with E-state index in [9.17, 15) is 4.79 Å². The Kier molecular flexibility index (Phi) is 6.13. The quantitative estimate of drug-likeness (QED) is 0.287. The van der Waals surface area contributed by atoms with Crippen molar-refractivity contribution >= 4 is 28.3 Å². The zero-order chi connectivity index (χ0) is 24.2. The molecular formula is C28H25N5O2. The maximum atomic E-state index is 13.0. The molecule has 5 aromatic rings. The average molecular weight is 464 g/mol. The first kappa shape index (κ1) is 22.2. The van der Waals surface area contributed by atoms with Crippen molar-refractivity contribution in [2.45, 2.75) is 13.0 Å². The van der Waals surface area contributed by atoms with Gasteiger partial charge in [0, 0.05) is 40.2 Å². The molecule has 0 radical (unpaired) electrons. The number of amides is 1. The number of hydrogen-bond acceptors (Lipinski definition) is 5. The number of anilines is 2. The third-order valence-electron chi connectivity index (χ3n) is 5.87. The van der Waals surface area contributed by atoms with Crippen LogP contribution in [0, 0.1) is 6.92 Å². The number of aromatic nitrogens is 3. The van der Waals surface area contributed by atoms with Gasteiger partial charge >= 0.3 is 0 Å². The summed E-state index contributed by atoms with van der Waals surface area (Å²) in [7, 11) is 1.55. The van der Waals surface area contributed by atoms with Crippen LogP contribution in [0.4, 0.5) is 11.5 Å². The largest absolute Gasteiger partial charge is 0.496 e. The van der Waals surface area contributed by atoms with Crippen molar-refractivity contribution < 1.29 is 9.53 Å². The minimum atomic E-state index is -0.250. The zero-order valence-corrected chi connectivity index (χ0v) is 19.4. The van der Waals surface area contributed by atoms with Gasteiger partial charge in [0.1, 0.15) is 11.6 Å². The number of para-hydroxylation sites is 1. The number of benzene rings is 2. The molecule has 35 heavy (non-hydrogen) atoms. The van der Waals surface area contributed by atoms with E-state index in [0.29, 0.717) is 17.0 Å². The predicted molar refractivity (Wildman–Crippen MR) is 138 cm³/mol. The lowest BCUT2D eigenvalue weighted by molar-refractivity contribution is 0.102. The second-order valence-corrected chi connectivity index (χ2v) is 8.13. The minimum Gasteiger partial charge on any atom is -0.496 e. The molecule has 0 aliphatic carbocycles. The number of ether oxygens (including phenoxy) is 1. The fourth-order valence-electron chi connectivity index (χ4n) is 4.26. The fraction of sp³-hybridized carbons (Fsp3) is 0.107. The third-order valence-corrected chi connectivity index (χ3v) is 5.87. The molecule has 0 unspecified atom stereocenters. The van der Waals surface area contributed by atoms with Crippen LogP contribution in [-0.4, -0.2) is 28.0 Å². The molecule has 3 N–H and O–H groups in total. The van der Waals surface area contributed by atoms with E-state index in [1.165, 1.54) is 0 Å². The van der Waals surface area contributed by atoms with E-state index < -0.39 is 0 Å². The summed E-state index contributed by atoms with van der Waals surface area (Å²) in [6, 6.07) is 24.4. The first-order valence-corrected chi connectivity index (χ1v) is 11.3. The van der Waals surface area contributed by atoms with E-state index in [1.54, 1.807) is 31.6 Å². The molecule has 174 valence electrons. The summed E-state index contributed by atoms with van der Waals surface area (Å²) >= 11 is 0. The Labute approximate surface area is 203 Å². The number of aromatic amines is 1. The molecule has 0 aliphatic rings. The normalized spacial score (nSPS) is 11.7. The molecule has 0 spiro atoms. The van der Waals surface area contributed by atoms with E-state index >= 15 is 0 Å². The van der Waals surface area contributed by atoms with Gasteiger partial charge in [0.15, 0.2) is 0 Å². The molecule has 7 heteroatoms. The number of nitrogens with zero attached hydrogens (tertiary/aromatic N) is 2. The van der Waals surface area contributed by atoms with Gasteiger partial charge in [-0.1, -0.05) is 24.3 Å². The van der Waals surface area contributed by atoms with Crippen LogP contribution in [0.1, 0.15) is 33.4 Å². The maximum Gasteiger partial charge on any atom is 0.259 e. The molecular weight excluding hydrogens is 438 g/mol. The smallest absolute Gasteiger partial charge is 0.259 e. The standard InChI is InChI=1S/C28H25N5O2/c1-18-26(27(23-10-5-7-15-29-23)33-25-12-6-8-16-30-25)21-17-19(13-14-22(21)31-18)32-28(34)20-9-3-4-11-24(20)35-2/h3-17,27,31H,1-2H3,(H,30,33)(H,32,34)/t27-/m1/s1. The van der Waals surface area contributed by atoms with Crippen molar-refractivity contribution in [2.75, 3.05) is 17.7 Å². The highest BCUT2D eigenvalue weighted by molar-refractivity contribution is 6.07. The lowest BCUT2D eigenvalue weighted by Crippen LogP contribution is -2.15. The van der Waals surface area contributed by atoms with Crippen LogP contribution in [0.2, 0.25) is 0 Å². The molecule has 0 aliphatic heterocycles. The molecule has 0 bridgehead atoms. The van der Waals surface area contributed by atoms with Crippen molar-refractivity contribution in [3.05, 3.63) is 114 Å². The third kappa shape index (κ3) is 4.56. The molecule has 0 saturated heterocycles. The van der Waals surface area contributed by atoms with Crippen molar-refractivity contribution in [1.82, 2.24) is 15.0 Å². The Bertz CT molecular complexity index is 1470. The van der Waals surface area contributed by atoms with Crippen LogP contribution in [0.15, 0.2) is 91.3 Å². The number of H-pyrrole nitrogens is 1. The molecule has 0 fully saturated rings. The molecule has 2 aromatic carbocycles. The summed E-state index contributed by atoms with van der Waals surface area (Å²) in [5.74, 6) is 1.04. The van der Waals surface area contributed by atoms with Crippen molar-refractivity contribution in [3.8, 4) is 5.75 Å². The molecule has 7 nitrogen and oxygen atoms in total. The first-order chi connectivity index (χ1) is 17.1. The number of rotatable bonds is 7.